The van der Waals surface area contributed by atoms with E-state index in [1.165, 1.54) is 11.1 Å². The lowest BCUT2D eigenvalue weighted by Crippen LogP contribution is -1.92. The van der Waals surface area contributed by atoms with E-state index < -0.39 is 0 Å². The summed E-state index contributed by atoms with van der Waals surface area (Å²) < 4.78 is 0. The van der Waals surface area contributed by atoms with Crippen LogP contribution in [0.15, 0.2) is 24.9 Å². The SMILES string of the molecule is C=Cc1nccc(CC)c1/C=C\C. The third kappa shape index (κ3) is 2.05. The van der Waals surface area contributed by atoms with Crippen LogP contribution >= 0.6 is 0 Å². The molecular weight excluding hydrogens is 158 g/mol. The van der Waals surface area contributed by atoms with E-state index in [0.717, 1.165) is 12.1 Å². The third-order valence-electron chi connectivity index (χ3n) is 2.02. The molecule has 0 fully saturated rings. The first-order chi connectivity index (χ1) is 6.33. The van der Waals surface area contributed by atoms with Gasteiger partial charge >= 0.3 is 0 Å². The molecule has 0 aromatic carbocycles. The summed E-state index contributed by atoms with van der Waals surface area (Å²) in [7, 11) is 0. The monoisotopic (exact) mass is 173 g/mol. The van der Waals surface area contributed by atoms with Crippen molar-refractivity contribution in [3.63, 3.8) is 0 Å². The molecule has 0 spiro atoms. The van der Waals surface area contributed by atoms with Gasteiger partial charge in [0.05, 0.1) is 5.69 Å². The highest BCUT2D eigenvalue weighted by Crippen LogP contribution is 2.15. The lowest BCUT2D eigenvalue weighted by Gasteiger charge is -2.05. The molecule has 0 atom stereocenters. The van der Waals surface area contributed by atoms with E-state index in [2.05, 4.69) is 30.6 Å². The van der Waals surface area contributed by atoms with Crippen LogP contribution in [0, 0.1) is 0 Å². The van der Waals surface area contributed by atoms with Crippen molar-refractivity contribution in [1.29, 1.82) is 0 Å². The Morgan fingerprint density at radius 2 is 2.31 bits per heavy atom. The quantitative estimate of drug-likeness (QED) is 0.683. The summed E-state index contributed by atoms with van der Waals surface area (Å²) in [5, 5.41) is 0. The van der Waals surface area contributed by atoms with Gasteiger partial charge in [0.25, 0.3) is 0 Å². The van der Waals surface area contributed by atoms with Crippen LogP contribution in [0.1, 0.15) is 30.7 Å². The number of hydrogen-bond acceptors (Lipinski definition) is 1. The molecule has 0 aliphatic carbocycles. The van der Waals surface area contributed by atoms with Gasteiger partial charge in [-0.25, -0.2) is 0 Å². The molecule has 1 nitrogen and oxygen atoms in total. The van der Waals surface area contributed by atoms with Crippen LogP contribution in [-0.2, 0) is 6.42 Å². The van der Waals surface area contributed by atoms with Crippen LogP contribution in [-0.4, -0.2) is 4.98 Å². The lowest BCUT2D eigenvalue weighted by molar-refractivity contribution is 1.10. The van der Waals surface area contributed by atoms with E-state index >= 15 is 0 Å². The van der Waals surface area contributed by atoms with Crippen molar-refractivity contribution in [2.45, 2.75) is 20.3 Å². The minimum absolute atomic E-state index is 0.970. The topological polar surface area (TPSA) is 12.9 Å². The molecule has 1 aromatic rings. The van der Waals surface area contributed by atoms with Gasteiger partial charge in [-0.3, -0.25) is 4.98 Å². The second-order valence-corrected chi connectivity index (χ2v) is 2.83. The first-order valence-corrected chi connectivity index (χ1v) is 4.56. The molecule has 0 amide bonds. The van der Waals surface area contributed by atoms with Gasteiger partial charge in [-0.1, -0.05) is 25.7 Å². The molecule has 0 N–H and O–H groups in total. The largest absolute Gasteiger partial charge is 0.256 e. The van der Waals surface area contributed by atoms with Crippen LogP contribution < -0.4 is 0 Å². The van der Waals surface area contributed by atoms with E-state index in [9.17, 15) is 0 Å². The summed E-state index contributed by atoms with van der Waals surface area (Å²) in [6.45, 7) is 7.91. The molecule has 1 heteroatoms. The lowest BCUT2D eigenvalue weighted by atomic mass is 10.0. The van der Waals surface area contributed by atoms with Crippen LogP contribution in [0.25, 0.3) is 12.2 Å². The average molecular weight is 173 g/mol. The van der Waals surface area contributed by atoms with Gasteiger partial charge in [0.1, 0.15) is 0 Å². The Bertz CT molecular complexity index is 324. The van der Waals surface area contributed by atoms with Crippen molar-refractivity contribution in [1.82, 2.24) is 4.98 Å². The van der Waals surface area contributed by atoms with Gasteiger partial charge in [-0.05, 0) is 31.1 Å². The summed E-state index contributed by atoms with van der Waals surface area (Å²) in [6, 6.07) is 2.06. The number of hydrogen-bond donors (Lipinski definition) is 0. The zero-order chi connectivity index (χ0) is 9.68. The average Bonchev–Trinajstić information content (AvgIpc) is 2.18. The van der Waals surface area contributed by atoms with E-state index in [1.807, 2.05) is 19.2 Å². The van der Waals surface area contributed by atoms with E-state index in [-0.39, 0.29) is 0 Å². The molecule has 1 rings (SSSR count). The number of pyridine rings is 1. The van der Waals surface area contributed by atoms with Crippen molar-refractivity contribution in [2.24, 2.45) is 0 Å². The predicted molar refractivity (Wildman–Crippen MR) is 58.4 cm³/mol. The normalized spacial score (nSPS) is 10.6. The Hall–Kier alpha value is -1.37. The number of allylic oxidation sites excluding steroid dienone is 1. The maximum atomic E-state index is 4.26. The fourth-order valence-electron chi connectivity index (χ4n) is 1.36. The van der Waals surface area contributed by atoms with Gasteiger partial charge in [0.15, 0.2) is 0 Å². The Balaban J connectivity index is 3.28. The second-order valence-electron chi connectivity index (χ2n) is 2.83. The maximum Gasteiger partial charge on any atom is 0.0698 e. The summed E-state index contributed by atoms with van der Waals surface area (Å²) >= 11 is 0. The van der Waals surface area contributed by atoms with Gasteiger partial charge in [0, 0.05) is 11.8 Å². The Morgan fingerprint density at radius 1 is 1.54 bits per heavy atom. The molecule has 0 aliphatic rings. The van der Waals surface area contributed by atoms with E-state index in [0.29, 0.717) is 0 Å². The van der Waals surface area contributed by atoms with E-state index in [1.54, 1.807) is 6.08 Å². The van der Waals surface area contributed by atoms with Crippen molar-refractivity contribution >= 4 is 12.2 Å². The fourth-order valence-corrected chi connectivity index (χ4v) is 1.36. The van der Waals surface area contributed by atoms with Gasteiger partial charge in [0.2, 0.25) is 0 Å². The number of aromatic nitrogens is 1. The van der Waals surface area contributed by atoms with Gasteiger partial charge < -0.3 is 0 Å². The number of aryl methyl sites for hydroxylation is 1. The molecule has 0 radical (unpaired) electrons. The minimum atomic E-state index is 0.970. The van der Waals surface area contributed by atoms with Crippen molar-refractivity contribution < 1.29 is 0 Å². The summed E-state index contributed by atoms with van der Waals surface area (Å²) in [4.78, 5) is 4.26. The molecule has 0 bridgehead atoms. The summed E-state index contributed by atoms with van der Waals surface area (Å²) in [6.07, 6.45) is 8.78. The third-order valence-corrected chi connectivity index (χ3v) is 2.02. The molecule has 68 valence electrons. The molecular formula is C12H15N. The highest BCUT2D eigenvalue weighted by molar-refractivity contribution is 5.64. The van der Waals surface area contributed by atoms with Crippen molar-refractivity contribution in [3.05, 3.63) is 41.7 Å². The standard InChI is InChI=1S/C12H15N/c1-4-7-11-10(5-2)8-9-13-12(11)6-3/h4,6-9H,3,5H2,1-2H3/b7-4-. The Kier molecular flexibility index (Phi) is 3.44. The first-order valence-electron chi connectivity index (χ1n) is 4.56. The highest BCUT2D eigenvalue weighted by atomic mass is 14.7. The number of rotatable bonds is 3. The van der Waals surface area contributed by atoms with E-state index in [4.69, 9.17) is 0 Å². The minimum Gasteiger partial charge on any atom is -0.256 e. The van der Waals surface area contributed by atoms with Gasteiger partial charge in [-0.15, -0.1) is 0 Å². The molecule has 0 saturated heterocycles. The predicted octanol–water partition coefficient (Wildman–Crippen LogP) is 3.32. The highest BCUT2D eigenvalue weighted by Gasteiger charge is 2.01. The van der Waals surface area contributed by atoms with Gasteiger partial charge in [-0.2, -0.15) is 0 Å². The molecule has 0 unspecified atom stereocenters. The molecule has 0 saturated carbocycles. The smallest absolute Gasteiger partial charge is 0.0698 e. The zero-order valence-electron chi connectivity index (χ0n) is 8.25. The molecule has 0 aliphatic heterocycles. The fraction of sp³-hybridized carbons (Fsp3) is 0.250. The summed E-state index contributed by atoms with van der Waals surface area (Å²) in [5.41, 5.74) is 3.49. The van der Waals surface area contributed by atoms with Crippen LogP contribution in [0.2, 0.25) is 0 Å². The Morgan fingerprint density at radius 3 is 2.85 bits per heavy atom. The number of nitrogens with zero attached hydrogens (tertiary/aromatic N) is 1. The summed E-state index contributed by atoms with van der Waals surface area (Å²) in [5.74, 6) is 0. The Labute approximate surface area is 79.8 Å². The van der Waals surface area contributed by atoms with Crippen LogP contribution in [0.5, 0.6) is 0 Å². The van der Waals surface area contributed by atoms with Crippen molar-refractivity contribution in [2.75, 3.05) is 0 Å². The molecule has 1 heterocycles. The molecule has 1 aromatic heterocycles. The van der Waals surface area contributed by atoms with Crippen LogP contribution in [0.4, 0.5) is 0 Å². The first kappa shape index (κ1) is 9.72. The second kappa shape index (κ2) is 4.61. The van der Waals surface area contributed by atoms with Crippen LogP contribution in [0.3, 0.4) is 0 Å². The van der Waals surface area contributed by atoms with Crippen molar-refractivity contribution in [3.8, 4) is 0 Å². The zero-order valence-corrected chi connectivity index (χ0v) is 8.25. The maximum absolute atomic E-state index is 4.26. The molecule has 13 heavy (non-hydrogen) atoms.